The first-order valence-electron chi connectivity index (χ1n) is 8.18. The molecule has 0 bridgehead atoms. The number of benzene rings is 2. The molecule has 0 aliphatic carbocycles. The maximum absolute atomic E-state index is 12.1. The van der Waals surface area contributed by atoms with E-state index < -0.39 is 0 Å². The molecule has 0 fully saturated rings. The van der Waals surface area contributed by atoms with Gasteiger partial charge in [0, 0.05) is 10.6 Å². The van der Waals surface area contributed by atoms with Gasteiger partial charge in [-0.15, -0.1) is 11.8 Å². The molecule has 0 aromatic heterocycles. The molecule has 2 amide bonds. The molecule has 0 unspecified atom stereocenters. The van der Waals surface area contributed by atoms with E-state index in [2.05, 4.69) is 22.8 Å². The number of amides is 2. The Balaban J connectivity index is 1.43. The number of nitrogens with one attached hydrogen (secondary N) is 2. The summed E-state index contributed by atoms with van der Waals surface area (Å²) in [6, 6.07) is 16.1. The van der Waals surface area contributed by atoms with Crippen molar-refractivity contribution in [3.05, 3.63) is 59.7 Å². The SMILES string of the molecule is Cc1cccc(OCCNC(=O)N[C@@H]2CCSc3ccccc32)c1. The fourth-order valence-electron chi connectivity index (χ4n) is 2.74. The molecule has 0 saturated heterocycles. The van der Waals surface area contributed by atoms with E-state index in [9.17, 15) is 4.79 Å². The minimum Gasteiger partial charge on any atom is -0.492 e. The topological polar surface area (TPSA) is 50.4 Å². The molecule has 126 valence electrons. The van der Waals surface area contributed by atoms with Crippen LogP contribution in [0.3, 0.4) is 0 Å². The third-order valence-electron chi connectivity index (χ3n) is 3.91. The van der Waals surface area contributed by atoms with Crippen LogP contribution < -0.4 is 15.4 Å². The van der Waals surface area contributed by atoms with Crippen LogP contribution in [-0.4, -0.2) is 24.9 Å². The highest BCUT2D eigenvalue weighted by atomic mass is 32.2. The Morgan fingerprint density at radius 2 is 2.12 bits per heavy atom. The molecule has 24 heavy (non-hydrogen) atoms. The van der Waals surface area contributed by atoms with E-state index in [0.29, 0.717) is 13.2 Å². The summed E-state index contributed by atoms with van der Waals surface area (Å²) in [5.74, 6) is 1.86. The van der Waals surface area contributed by atoms with E-state index in [1.165, 1.54) is 10.5 Å². The average Bonchev–Trinajstić information content (AvgIpc) is 2.59. The second-order valence-corrected chi connectivity index (χ2v) is 6.93. The van der Waals surface area contributed by atoms with Crippen LogP contribution in [0.25, 0.3) is 0 Å². The Morgan fingerprint density at radius 1 is 1.25 bits per heavy atom. The number of ether oxygens (including phenoxy) is 1. The lowest BCUT2D eigenvalue weighted by molar-refractivity contribution is 0.232. The molecular weight excluding hydrogens is 320 g/mol. The second kappa shape index (κ2) is 8.11. The van der Waals surface area contributed by atoms with Crippen molar-refractivity contribution in [2.75, 3.05) is 18.9 Å². The lowest BCUT2D eigenvalue weighted by Crippen LogP contribution is -2.40. The third kappa shape index (κ3) is 4.45. The number of hydrogen-bond donors (Lipinski definition) is 2. The number of hydrogen-bond acceptors (Lipinski definition) is 3. The van der Waals surface area contributed by atoms with Gasteiger partial charge in [-0.05, 0) is 42.7 Å². The van der Waals surface area contributed by atoms with Gasteiger partial charge in [0.05, 0.1) is 12.6 Å². The van der Waals surface area contributed by atoms with Crippen molar-refractivity contribution in [2.24, 2.45) is 0 Å². The molecule has 1 atom stereocenters. The molecule has 0 spiro atoms. The molecule has 2 aromatic rings. The van der Waals surface area contributed by atoms with Gasteiger partial charge in [0.25, 0.3) is 0 Å². The Labute approximate surface area is 147 Å². The first kappa shape index (κ1) is 16.7. The van der Waals surface area contributed by atoms with E-state index in [1.54, 1.807) is 0 Å². The van der Waals surface area contributed by atoms with Gasteiger partial charge in [0.1, 0.15) is 12.4 Å². The quantitative estimate of drug-likeness (QED) is 0.810. The average molecular weight is 342 g/mol. The van der Waals surface area contributed by atoms with Crippen molar-refractivity contribution < 1.29 is 9.53 Å². The molecule has 2 aromatic carbocycles. The van der Waals surface area contributed by atoms with E-state index in [4.69, 9.17) is 4.74 Å². The van der Waals surface area contributed by atoms with Crippen LogP contribution >= 0.6 is 11.8 Å². The number of aryl methyl sites for hydroxylation is 1. The van der Waals surface area contributed by atoms with Crippen LogP contribution in [0.2, 0.25) is 0 Å². The van der Waals surface area contributed by atoms with Gasteiger partial charge in [-0.3, -0.25) is 0 Å². The summed E-state index contributed by atoms with van der Waals surface area (Å²) in [6.45, 7) is 2.95. The molecule has 2 N–H and O–H groups in total. The van der Waals surface area contributed by atoms with Crippen molar-refractivity contribution in [2.45, 2.75) is 24.3 Å². The van der Waals surface area contributed by atoms with Gasteiger partial charge >= 0.3 is 6.03 Å². The molecule has 4 nitrogen and oxygen atoms in total. The zero-order valence-corrected chi connectivity index (χ0v) is 14.6. The Morgan fingerprint density at radius 3 is 3.00 bits per heavy atom. The first-order valence-corrected chi connectivity index (χ1v) is 9.16. The zero-order chi connectivity index (χ0) is 16.8. The molecule has 0 saturated carbocycles. The molecule has 3 rings (SSSR count). The minimum absolute atomic E-state index is 0.0835. The van der Waals surface area contributed by atoms with E-state index >= 15 is 0 Å². The predicted molar refractivity (Wildman–Crippen MR) is 97.7 cm³/mol. The maximum atomic E-state index is 12.1. The molecule has 1 aliphatic rings. The number of rotatable bonds is 5. The van der Waals surface area contributed by atoms with Gasteiger partial charge in [0.2, 0.25) is 0 Å². The van der Waals surface area contributed by atoms with Crippen LogP contribution in [0.4, 0.5) is 4.79 Å². The zero-order valence-electron chi connectivity index (χ0n) is 13.7. The van der Waals surface area contributed by atoms with Crippen molar-refractivity contribution in [1.29, 1.82) is 0 Å². The number of carbonyl (C=O) groups is 1. The molecule has 0 radical (unpaired) electrons. The van der Waals surface area contributed by atoms with Gasteiger partial charge in [-0.25, -0.2) is 4.79 Å². The second-order valence-electron chi connectivity index (χ2n) is 5.79. The summed E-state index contributed by atoms with van der Waals surface area (Å²) in [7, 11) is 0. The Kier molecular flexibility index (Phi) is 5.64. The molecule has 1 heterocycles. The smallest absolute Gasteiger partial charge is 0.315 e. The Hall–Kier alpha value is -2.14. The van der Waals surface area contributed by atoms with E-state index in [0.717, 1.165) is 23.5 Å². The van der Waals surface area contributed by atoms with Crippen molar-refractivity contribution in [3.8, 4) is 5.75 Å². The molecular formula is C19H22N2O2S. The van der Waals surface area contributed by atoms with Gasteiger partial charge in [-0.2, -0.15) is 0 Å². The monoisotopic (exact) mass is 342 g/mol. The maximum Gasteiger partial charge on any atom is 0.315 e. The molecule has 1 aliphatic heterocycles. The fourth-order valence-corrected chi connectivity index (χ4v) is 3.87. The highest BCUT2D eigenvalue weighted by molar-refractivity contribution is 7.99. The lowest BCUT2D eigenvalue weighted by atomic mass is 10.0. The summed E-state index contributed by atoms with van der Waals surface area (Å²) in [4.78, 5) is 13.4. The van der Waals surface area contributed by atoms with Crippen LogP contribution in [0.5, 0.6) is 5.75 Å². The van der Waals surface area contributed by atoms with Crippen molar-refractivity contribution >= 4 is 17.8 Å². The van der Waals surface area contributed by atoms with Crippen molar-refractivity contribution in [3.63, 3.8) is 0 Å². The third-order valence-corrected chi connectivity index (χ3v) is 5.03. The van der Waals surface area contributed by atoms with Gasteiger partial charge in [-0.1, -0.05) is 30.3 Å². The molecule has 5 heteroatoms. The van der Waals surface area contributed by atoms with Crippen LogP contribution in [0.15, 0.2) is 53.4 Å². The normalized spacial score (nSPS) is 16.1. The summed E-state index contributed by atoms with van der Waals surface area (Å²) in [6.07, 6.45) is 0.953. The summed E-state index contributed by atoms with van der Waals surface area (Å²) in [5.41, 5.74) is 2.37. The predicted octanol–water partition coefficient (Wildman–Crippen LogP) is 3.91. The van der Waals surface area contributed by atoms with E-state index in [-0.39, 0.29) is 12.1 Å². The number of urea groups is 1. The van der Waals surface area contributed by atoms with Gasteiger partial charge in [0.15, 0.2) is 0 Å². The summed E-state index contributed by atoms with van der Waals surface area (Å²) >= 11 is 1.85. The van der Waals surface area contributed by atoms with Gasteiger partial charge < -0.3 is 15.4 Å². The number of fused-ring (bicyclic) bond motifs is 1. The van der Waals surface area contributed by atoms with Crippen molar-refractivity contribution in [1.82, 2.24) is 10.6 Å². The largest absolute Gasteiger partial charge is 0.492 e. The standard InChI is InChI=1S/C19H22N2O2S/c1-14-5-4-6-15(13-14)23-11-10-20-19(22)21-17-9-12-24-18-8-3-2-7-16(17)18/h2-8,13,17H,9-12H2,1H3,(H2,20,21,22)/t17-/m1/s1. The first-order chi connectivity index (χ1) is 11.7. The summed E-state index contributed by atoms with van der Waals surface area (Å²) in [5, 5.41) is 5.93. The fraction of sp³-hybridized carbons (Fsp3) is 0.316. The highest BCUT2D eigenvalue weighted by Gasteiger charge is 2.21. The highest BCUT2D eigenvalue weighted by Crippen LogP contribution is 2.35. The summed E-state index contributed by atoms with van der Waals surface area (Å²) < 4.78 is 5.64. The number of thioether (sulfide) groups is 1. The van der Waals surface area contributed by atoms with Crippen LogP contribution in [-0.2, 0) is 0 Å². The van der Waals surface area contributed by atoms with E-state index in [1.807, 2.05) is 55.1 Å². The van der Waals surface area contributed by atoms with Crippen LogP contribution in [0.1, 0.15) is 23.6 Å². The van der Waals surface area contributed by atoms with Crippen LogP contribution in [0, 0.1) is 6.92 Å². The number of carbonyl (C=O) groups excluding carboxylic acids is 1. The Bertz CT molecular complexity index is 705. The lowest BCUT2D eigenvalue weighted by Gasteiger charge is -2.25. The minimum atomic E-state index is -0.144.